The van der Waals surface area contributed by atoms with Crippen LogP contribution in [0.5, 0.6) is 0 Å². The lowest BCUT2D eigenvalue weighted by Crippen LogP contribution is -2.19. The number of carbonyl (C=O) groups is 1. The maximum atomic E-state index is 13.4. The molecule has 0 spiro atoms. The molecule has 0 aliphatic heterocycles. The molecule has 0 unspecified atom stereocenters. The van der Waals surface area contributed by atoms with E-state index >= 15 is 0 Å². The van der Waals surface area contributed by atoms with Crippen molar-refractivity contribution in [2.24, 2.45) is 0 Å². The van der Waals surface area contributed by atoms with E-state index in [-0.39, 0.29) is 10.8 Å². The zero-order chi connectivity index (χ0) is 15.7. The fraction of sp³-hybridized carbons (Fsp3) is 0. The van der Waals surface area contributed by atoms with E-state index in [0.29, 0.717) is 0 Å². The van der Waals surface area contributed by atoms with E-state index in [2.05, 4.69) is 4.98 Å². The summed E-state index contributed by atoms with van der Waals surface area (Å²) in [6.07, 6.45) is 1.18. The minimum absolute atomic E-state index is 0.151. The van der Waals surface area contributed by atoms with Crippen LogP contribution in [-0.2, 0) is 0 Å². The zero-order valence-corrected chi connectivity index (χ0v) is 10.6. The van der Waals surface area contributed by atoms with Gasteiger partial charge in [0, 0.05) is 11.2 Å². The zero-order valence-electron chi connectivity index (χ0n) is 9.86. The highest BCUT2D eigenvalue weighted by molar-refractivity contribution is 6.30. The standard InChI is InChI=1S/C12H4ClF5N2O/c13-4-1-2-19-5(3-4)20-12(21)6-7(14)9(16)11(18)10(17)8(6)15/h1-3H,(H,19,20,21). The van der Waals surface area contributed by atoms with Gasteiger partial charge in [0.15, 0.2) is 23.3 Å². The van der Waals surface area contributed by atoms with Gasteiger partial charge in [-0.25, -0.2) is 26.9 Å². The molecule has 21 heavy (non-hydrogen) atoms. The van der Waals surface area contributed by atoms with Crippen molar-refractivity contribution < 1.29 is 26.7 Å². The Bertz CT molecular complexity index is 709. The Labute approximate surface area is 119 Å². The van der Waals surface area contributed by atoms with Crippen LogP contribution < -0.4 is 5.32 Å². The first-order valence-corrected chi connectivity index (χ1v) is 5.65. The van der Waals surface area contributed by atoms with Crippen molar-refractivity contribution in [1.82, 2.24) is 4.98 Å². The molecule has 0 saturated carbocycles. The van der Waals surface area contributed by atoms with E-state index in [0.717, 1.165) is 6.07 Å². The largest absolute Gasteiger partial charge is 0.306 e. The lowest BCUT2D eigenvalue weighted by molar-refractivity contribution is 0.101. The molecule has 0 aliphatic rings. The molecule has 0 atom stereocenters. The quantitative estimate of drug-likeness (QED) is 0.520. The molecule has 2 rings (SSSR count). The number of hydrogen-bond acceptors (Lipinski definition) is 2. The Hall–Kier alpha value is -2.22. The molecule has 0 fully saturated rings. The van der Waals surface area contributed by atoms with E-state index in [1.807, 2.05) is 5.32 Å². The normalized spacial score (nSPS) is 10.6. The second kappa shape index (κ2) is 5.65. The summed E-state index contributed by atoms with van der Waals surface area (Å²) in [5.74, 6) is -13.0. The third-order valence-corrected chi connectivity index (χ3v) is 2.64. The fourth-order valence-corrected chi connectivity index (χ4v) is 1.62. The average molecular weight is 323 g/mol. The van der Waals surface area contributed by atoms with Gasteiger partial charge >= 0.3 is 0 Å². The van der Waals surface area contributed by atoms with E-state index in [9.17, 15) is 26.7 Å². The van der Waals surface area contributed by atoms with Gasteiger partial charge in [-0.1, -0.05) is 11.6 Å². The van der Waals surface area contributed by atoms with Crippen LogP contribution in [0.25, 0.3) is 0 Å². The SMILES string of the molecule is O=C(Nc1cc(Cl)ccn1)c1c(F)c(F)c(F)c(F)c1F. The van der Waals surface area contributed by atoms with Crippen molar-refractivity contribution in [2.45, 2.75) is 0 Å². The molecule has 3 nitrogen and oxygen atoms in total. The number of hydrogen-bond donors (Lipinski definition) is 1. The molecule has 1 N–H and O–H groups in total. The van der Waals surface area contributed by atoms with Gasteiger partial charge in [0.05, 0.1) is 0 Å². The molecule has 1 heterocycles. The molecular formula is C12H4ClF5N2O. The predicted octanol–water partition coefficient (Wildman–Crippen LogP) is 3.68. The number of aromatic nitrogens is 1. The third-order valence-electron chi connectivity index (χ3n) is 2.40. The number of nitrogens with one attached hydrogen (secondary N) is 1. The van der Waals surface area contributed by atoms with Crippen LogP contribution in [0.1, 0.15) is 10.4 Å². The summed E-state index contributed by atoms with van der Waals surface area (Å²) in [6.45, 7) is 0. The van der Waals surface area contributed by atoms with Crippen LogP contribution in [0.15, 0.2) is 18.3 Å². The second-order valence-electron chi connectivity index (χ2n) is 3.76. The lowest BCUT2D eigenvalue weighted by Gasteiger charge is -2.08. The van der Waals surface area contributed by atoms with Crippen molar-refractivity contribution >= 4 is 23.3 Å². The number of anilines is 1. The van der Waals surface area contributed by atoms with Gasteiger partial charge in [0.25, 0.3) is 5.91 Å². The Morgan fingerprint density at radius 1 is 1.00 bits per heavy atom. The molecule has 0 saturated heterocycles. The summed E-state index contributed by atoms with van der Waals surface area (Å²) in [5.41, 5.74) is -1.60. The molecule has 0 radical (unpaired) electrons. The van der Waals surface area contributed by atoms with E-state index in [1.54, 1.807) is 0 Å². The number of benzene rings is 1. The Balaban J connectivity index is 2.45. The van der Waals surface area contributed by atoms with Gasteiger partial charge in [-0.2, -0.15) is 0 Å². The molecule has 1 amide bonds. The molecule has 0 aliphatic carbocycles. The Kier molecular flexibility index (Phi) is 4.08. The first-order valence-electron chi connectivity index (χ1n) is 5.27. The average Bonchev–Trinajstić information content (AvgIpc) is 2.43. The van der Waals surface area contributed by atoms with E-state index < -0.39 is 40.6 Å². The van der Waals surface area contributed by atoms with Crippen LogP contribution >= 0.6 is 11.6 Å². The second-order valence-corrected chi connectivity index (χ2v) is 4.19. The molecule has 0 bridgehead atoms. The van der Waals surface area contributed by atoms with Gasteiger partial charge in [0.1, 0.15) is 11.4 Å². The number of rotatable bonds is 2. The van der Waals surface area contributed by atoms with Crippen LogP contribution in [0.2, 0.25) is 5.02 Å². The van der Waals surface area contributed by atoms with Gasteiger partial charge in [-0.3, -0.25) is 4.79 Å². The van der Waals surface area contributed by atoms with Crippen molar-refractivity contribution in [1.29, 1.82) is 0 Å². The highest BCUT2D eigenvalue weighted by Gasteiger charge is 2.29. The molecule has 1 aromatic carbocycles. The van der Waals surface area contributed by atoms with Crippen LogP contribution in [-0.4, -0.2) is 10.9 Å². The van der Waals surface area contributed by atoms with Gasteiger partial charge in [-0.15, -0.1) is 0 Å². The summed E-state index contributed by atoms with van der Waals surface area (Å²) in [4.78, 5) is 15.3. The van der Waals surface area contributed by atoms with Crippen molar-refractivity contribution in [2.75, 3.05) is 5.32 Å². The number of pyridine rings is 1. The first kappa shape index (κ1) is 15.2. The predicted molar refractivity (Wildman–Crippen MR) is 63.4 cm³/mol. The van der Waals surface area contributed by atoms with Gasteiger partial charge in [0.2, 0.25) is 5.82 Å². The summed E-state index contributed by atoms with van der Waals surface area (Å²) in [5, 5.41) is 2.03. The Morgan fingerprint density at radius 3 is 2.05 bits per heavy atom. The minimum Gasteiger partial charge on any atom is -0.306 e. The third kappa shape index (κ3) is 2.80. The van der Waals surface area contributed by atoms with Crippen molar-refractivity contribution in [3.05, 3.63) is 58.0 Å². The maximum absolute atomic E-state index is 13.4. The van der Waals surface area contributed by atoms with E-state index in [4.69, 9.17) is 11.6 Å². The van der Waals surface area contributed by atoms with E-state index in [1.165, 1.54) is 12.3 Å². The van der Waals surface area contributed by atoms with Crippen LogP contribution in [0, 0.1) is 29.1 Å². The number of halogens is 6. The monoisotopic (exact) mass is 322 g/mol. The number of carbonyl (C=O) groups excluding carboxylic acids is 1. The number of amides is 1. The summed E-state index contributed by atoms with van der Waals surface area (Å²) in [6, 6.07) is 2.49. The van der Waals surface area contributed by atoms with Gasteiger partial charge < -0.3 is 5.32 Å². The highest BCUT2D eigenvalue weighted by Crippen LogP contribution is 2.24. The summed E-state index contributed by atoms with van der Waals surface area (Å²) < 4.78 is 65.6. The maximum Gasteiger partial charge on any atom is 0.263 e. The van der Waals surface area contributed by atoms with Crippen molar-refractivity contribution in [3.8, 4) is 0 Å². The molecule has 2 aromatic rings. The first-order chi connectivity index (χ1) is 9.82. The fourth-order valence-electron chi connectivity index (χ4n) is 1.46. The minimum atomic E-state index is -2.34. The van der Waals surface area contributed by atoms with Crippen LogP contribution in [0.4, 0.5) is 27.8 Å². The summed E-state index contributed by atoms with van der Waals surface area (Å²) in [7, 11) is 0. The van der Waals surface area contributed by atoms with Gasteiger partial charge in [-0.05, 0) is 12.1 Å². The Morgan fingerprint density at radius 2 is 1.52 bits per heavy atom. The van der Waals surface area contributed by atoms with Crippen molar-refractivity contribution in [3.63, 3.8) is 0 Å². The number of nitrogens with zero attached hydrogens (tertiary/aromatic N) is 1. The topological polar surface area (TPSA) is 42.0 Å². The molecule has 1 aromatic heterocycles. The van der Waals surface area contributed by atoms with Crippen LogP contribution in [0.3, 0.4) is 0 Å². The highest BCUT2D eigenvalue weighted by atomic mass is 35.5. The summed E-state index contributed by atoms with van der Waals surface area (Å²) >= 11 is 5.60. The molecule has 110 valence electrons. The lowest BCUT2D eigenvalue weighted by atomic mass is 10.1. The molecule has 9 heteroatoms. The smallest absolute Gasteiger partial charge is 0.263 e. The molecular weight excluding hydrogens is 319 g/mol.